The van der Waals surface area contributed by atoms with Crippen molar-refractivity contribution in [3.8, 4) is 22.9 Å². The van der Waals surface area contributed by atoms with Gasteiger partial charge in [0.05, 0.1) is 23.1 Å². The molecule has 0 spiro atoms. The monoisotopic (exact) mass is 413 g/mol. The maximum absolute atomic E-state index is 11.6. The number of pyridine rings is 3. The minimum atomic E-state index is -0.360. The average molecular weight is 413 g/mol. The summed E-state index contributed by atoms with van der Waals surface area (Å²) in [6.45, 7) is 4.49. The number of H-pyrrole nitrogens is 1. The van der Waals surface area contributed by atoms with Crippen LogP contribution in [0.1, 0.15) is 35.0 Å². The van der Waals surface area contributed by atoms with E-state index in [0.717, 1.165) is 29.0 Å². The molecule has 2 aliphatic heterocycles. The summed E-state index contributed by atoms with van der Waals surface area (Å²) in [5, 5.41) is 9.54. The smallest absolute Gasteiger partial charge is 0.266 e. The van der Waals surface area contributed by atoms with E-state index in [1.807, 2.05) is 44.2 Å². The van der Waals surface area contributed by atoms with Crippen molar-refractivity contribution in [3.63, 3.8) is 0 Å². The number of para-hydroxylation sites is 1. The molecule has 2 aliphatic rings. The Morgan fingerprint density at radius 1 is 1.03 bits per heavy atom. The predicted molar refractivity (Wildman–Crippen MR) is 117 cm³/mol. The third kappa shape index (κ3) is 3.38. The van der Waals surface area contributed by atoms with Crippen molar-refractivity contribution in [1.82, 2.24) is 9.55 Å². The van der Waals surface area contributed by atoms with E-state index >= 15 is 0 Å². The molecule has 1 N–H and O–H groups in total. The first-order chi connectivity index (χ1) is 15.0. The summed E-state index contributed by atoms with van der Waals surface area (Å²) in [6.07, 6.45) is 0.919. The zero-order valence-electron chi connectivity index (χ0n) is 17.1. The molecule has 154 valence electrons. The number of aromatic nitrogens is 2. The number of benzene rings is 2. The van der Waals surface area contributed by atoms with Gasteiger partial charge in [0.1, 0.15) is 17.4 Å². The number of nitriles is 1. The van der Waals surface area contributed by atoms with Crippen LogP contribution in [-0.2, 0) is 0 Å². The summed E-state index contributed by atoms with van der Waals surface area (Å²) in [6, 6.07) is 16.4. The number of carbonyl (C=O) groups is 1. The maximum Gasteiger partial charge on any atom is 0.266 e. The lowest BCUT2D eigenvalue weighted by Gasteiger charge is -2.12. The Hall–Kier alpha value is -4.18. The molecule has 4 heterocycles. The van der Waals surface area contributed by atoms with Crippen LogP contribution >= 0.6 is 0 Å². The van der Waals surface area contributed by atoms with E-state index in [4.69, 9.17) is 10.00 Å². The molecule has 0 atom stereocenters. The quantitative estimate of drug-likeness (QED) is 0.486. The van der Waals surface area contributed by atoms with Crippen molar-refractivity contribution in [2.45, 2.75) is 20.3 Å². The van der Waals surface area contributed by atoms with Crippen molar-refractivity contribution in [1.29, 1.82) is 5.26 Å². The predicted octanol–water partition coefficient (Wildman–Crippen LogP) is 3.45. The summed E-state index contributed by atoms with van der Waals surface area (Å²) in [7, 11) is 0. The fourth-order valence-electron chi connectivity index (χ4n) is 3.62. The molecule has 7 heteroatoms. The number of fused-ring (bicyclic) bond motifs is 1. The molecule has 0 unspecified atom stereocenters. The number of nitrogens with one attached hydrogen (secondary N) is 1. The molecule has 31 heavy (non-hydrogen) atoms. The number of nitrogens with zero attached hydrogens (tertiary/aromatic N) is 2. The molecule has 0 fully saturated rings. The van der Waals surface area contributed by atoms with Crippen LogP contribution in [-0.4, -0.2) is 22.1 Å². The molecule has 0 saturated carbocycles. The van der Waals surface area contributed by atoms with E-state index in [1.165, 1.54) is 4.57 Å². The number of rotatable bonds is 4. The van der Waals surface area contributed by atoms with Gasteiger partial charge >= 0.3 is 0 Å². The van der Waals surface area contributed by atoms with Gasteiger partial charge in [0.25, 0.3) is 17.0 Å². The molecule has 0 radical (unpaired) electrons. The molecule has 0 aliphatic carbocycles. The Labute approximate surface area is 177 Å². The van der Waals surface area contributed by atoms with E-state index in [-0.39, 0.29) is 22.6 Å². The average Bonchev–Trinajstić information content (AvgIpc) is 3.17. The first-order valence-corrected chi connectivity index (χ1v) is 9.85. The van der Waals surface area contributed by atoms with Gasteiger partial charge < -0.3 is 9.72 Å². The van der Waals surface area contributed by atoms with E-state index in [1.54, 1.807) is 24.3 Å². The summed E-state index contributed by atoms with van der Waals surface area (Å²) in [5.74, 6) is 0.596. The van der Waals surface area contributed by atoms with Crippen LogP contribution < -0.4 is 15.9 Å². The Bertz CT molecular complexity index is 1460. The third-order valence-electron chi connectivity index (χ3n) is 5.13. The molecule has 2 aromatic carbocycles. The summed E-state index contributed by atoms with van der Waals surface area (Å²) in [5.41, 5.74) is 3.28. The Balaban J connectivity index is 0.000000174. The molecule has 4 bridgehead atoms. The van der Waals surface area contributed by atoms with Crippen molar-refractivity contribution in [2.75, 3.05) is 6.61 Å². The Kier molecular flexibility index (Phi) is 5.14. The van der Waals surface area contributed by atoms with Crippen LogP contribution in [0, 0.1) is 18.3 Å². The number of aromatic amines is 1. The number of aryl methyl sites for hydroxylation is 1. The highest BCUT2D eigenvalue weighted by molar-refractivity contribution is 6.13. The van der Waals surface area contributed by atoms with Crippen LogP contribution in [0.2, 0.25) is 0 Å². The van der Waals surface area contributed by atoms with E-state index < -0.39 is 0 Å². The number of hydrogen-bond acceptors (Lipinski definition) is 5. The van der Waals surface area contributed by atoms with Crippen molar-refractivity contribution >= 4 is 16.8 Å². The van der Waals surface area contributed by atoms with Gasteiger partial charge in [-0.1, -0.05) is 25.1 Å². The molecular formula is C24H19N3O4. The van der Waals surface area contributed by atoms with Gasteiger partial charge in [-0.25, -0.2) is 4.57 Å². The molecule has 7 nitrogen and oxygen atoms in total. The van der Waals surface area contributed by atoms with Crippen LogP contribution in [0.5, 0.6) is 5.75 Å². The minimum Gasteiger partial charge on any atom is -0.493 e. The molecule has 0 amide bonds. The summed E-state index contributed by atoms with van der Waals surface area (Å²) < 4.78 is 6.94. The molecule has 4 aromatic rings. The highest BCUT2D eigenvalue weighted by Crippen LogP contribution is 2.31. The fourth-order valence-corrected chi connectivity index (χ4v) is 3.62. The third-order valence-corrected chi connectivity index (χ3v) is 5.13. The lowest BCUT2D eigenvalue weighted by Crippen LogP contribution is -2.16. The van der Waals surface area contributed by atoms with Crippen LogP contribution in [0.15, 0.2) is 58.1 Å². The van der Waals surface area contributed by atoms with Crippen LogP contribution in [0.25, 0.3) is 22.0 Å². The SMILES string of the molecule is CCCOc1ccccc1-c1cc(C#N)c(=O)[nH]c1C.O=C1c2cc3ccc2c(=O)n31. The summed E-state index contributed by atoms with van der Waals surface area (Å²) >= 11 is 0. The molecule has 6 rings (SSSR count). The van der Waals surface area contributed by atoms with E-state index in [2.05, 4.69) is 4.98 Å². The van der Waals surface area contributed by atoms with Gasteiger partial charge in [-0.05, 0) is 43.7 Å². The number of carbonyl (C=O) groups excluding carboxylic acids is 1. The van der Waals surface area contributed by atoms with Gasteiger partial charge in [0.2, 0.25) is 0 Å². The zero-order valence-corrected chi connectivity index (χ0v) is 17.1. The van der Waals surface area contributed by atoms with Gasteiger partial charge in [-0.2, -0.15) is 5.26 Å². The number of ether oxygens (including phenoxy) is 1. The van der Waals surface area contributed by atoms with Gasteiger partial charge in [0, 0.05) is 16.8 Å². The minimum absolute atomic E-state index is 0.107. The number of hydrogen-bond donors (Lipinski definition) is 1. The molecular weight excluding hydrogens is 394 g/mol. The zero-order chi connectivity index (χ0) is 22.1. The van der Waals surface area contributed by atoms with Crippen molar-refractivity contribution in [3.05, 3.63) is 86.1 Å². The first-order valence-electron chi connectivity index (χ1n) is 9.85. The Morgan fingerprint density at radius 3 is 2.42 bits per heavy atom. The highest BCUT2D eigenvalue weighted by atomic mass is 16.5. The van der Waals surface area contributed by atoms with Gasteiger partial charge in [0.15, 0.2) is 0 Å². The molecule has 2 aromatic heterocycles. The summed E-state index contributed by atoms with van der Waals surface area (Å²) in [4.78, 5) is 36.7. The normalized spacial score (nSPS) is 11.5. The van der Waals surface area contributed by atoms with Crippen LogP contribution in [0.3, 0.4) is 0 Å². The largest absolute Gasteiger partial charge is 0.493 e. The fraction of sp³-hybridized carbons (Fsp3) is 0.167. The topological polar surface area (TPSA) is 105 Å². The second-order valence-electron chi connectivity index (χ2n) is 7.18. The lowest BCUT2D eigenvalue weighted by atomic mass is 10.0. The molecule has 0 saturated heterocycles. The van der Waals surface area contributed by atoms with Gasteiger partial charge in [-0.15, -0.1) is 0 Å². The van der Waals surface area contributed by atoms with Crippen molar-refractivity contribution in [2.24, 2.45) is 0 Å². The lowest BCUT2D eigenvalue weighted by molar-refractivity contribution is 0.0974. The second kappa shape index (κ2) is 7.92. The van der Waals surface area contributed by atoms with Crippen LogP contribution in [0.4, 0.5) is 0 Å². The van der Waals surface area contributed by atoms with Crippen molar-refractivity contribution < 1.29 is 9.53 Å². The second-order valence-corrected chi connectivity index (χ2v) is 7.18. The Morgan fingerprint density at radius 2 is 1.81 bits per heavy atom. The standard InChI is InChI=1S/C16H16N2O2.C8H3NO2/c1-3-8-20-15-7-5-4-6-13(15)14-9-12(10-17)16(19)18-11(14)2;10-7-5-2-1-4-3-6(5)8(11)9(4)7/h4-7,9H,3,8H2,1-2H3,(H,18,19);1-3H. The first kappa shape index (κ1) is 20.1. The highest BCUT2D eigenvalue weighted by Gasteiger charge is 2.27. The van der Waals surface area contributed by atoms with E-state index in [9.17, 15) is 14.4 Å². The van der Waals surface area contributed by atoms with E-state index in [0.29, 0.717) is 23.1 Å². The maximum atomic E-state index is 11.6. The van der Waals surface area contributed by atoms with Gasteiger partial charge in [-0.3, -0.25) is 14.4 Å².